The molecule has 1 aromatic heterocycles. The van der Waals surface area contributed by atoms with E-state index in [2.05, 4.69) is 15.1 Å². The average Bonchev–Trinajstić information content (AvgIpc) is 3.16. The number of nitro benzene ring substituents is 1. The molecular formula is C28H26N4O4. The summed E-state index contributed by atoms with van der Waals surface area (Å²) in [6.07, 6.45) is 1.44. The van der Waals surface area contributed by atoms with E-state index < -0.39 is 10.8 Å². The normalized spacial score (nSPS) is 10.9. The number of nitrogens with one attached hydrogen (secondary N) is 1. The largest absolute Gasteiger partial charge is 0.489 e. The molecule has 8 nitrogen and oxygen atoms in total. The fourth-order valence-electron chi connectivity index (χ4n) is 3.97. The van der Waals surface area contributed by atoms with Crippen molar-refractivity contribution in [1.29, 1.82) is 0 Å². The maximum atomic E-state index is 12.3. The number of hydrazone groups is 1. The zero-order chi connectivity index (χ0) is 25.5. The molecule has 0 saturated carbocycles. The van der Waals surface area contributed by atoms with Crippen LogP contribution in [0.2, 0.25) is 0 Å². The van der Waals surface area contributed by atoms with E-state index in [0.29, 0.717) is 12.2 Å². The number of nitro groups is 1. The minimum Gasteiger partial charge on any atom is -0.489 e. The van der Waals surface area contributed by atoms with Crippen LogP contribution in [0.5, 0.6) is 5.75 Å². The number of hydrogen-bond donors (Lipinski definition) is 1. The highest BCUT2D eigenvalue weighted by Gasteiger charge is 2.15. The molecule has 8 heteroatoms. The molecule has 1 N–H and O–H groups in total. The predicted octanol–water partition coefficient (Wildman–Crippen LogP) is 5.27. The van der Waals surface area contributed by atoms with E-state index in [4.69, 9.17) is 4.74 Å². The van der Waals surface area contributed by atoms with Crippen molar-refractivity contribution in [2.24, 2.45) is 5.10 Å². The van der Waals surface area contributed by atoms with Crippen LogP contribution in [0.15, 0.2) is 90.0 Å². The fourth-order valence-corrected chi connectivity index (χ4v) is 3.97. The average molecular weight is 483 g/mol. The SMILES string of the molecule is Cc1cc(/C=N/NC(=O)Cc2ccccc2[N+](=O)[O-])c(C)n1-c1ccc(OCc2ccccc2)cc1. The molecule has 3 aromatic carbocycles. The number of nitrogens with zero attached hydrogens (tertiary/aromatic N) is 3. The number of hydrogen-bond acceptors (Lipinski definition) is 5. The molecule has 0 spiro atoms. The molecule has 0 atom stereocenters. The molecule has 4 aromatic rings. The molecule has 0 saturated heterocycles. The van der Waals surface area contributed by atoms with Crippen molar-refractivity contribution in [3.8, 4) is 11.4 Å². The van der Waals surface area contributed by atoms with Gasteiger partial charge in [-0.1, -0.05) is 48.5 Å². The van der Waals surface area contributed by atoms with Gasteiger partial charge in [0.2, 0.25) is 5.91 Å². The van der Waals surface area contributed by atoms with Gasteiger partial charge in [-0.2, -0.15) is 5.10 Å². The van der Waals surface area contributed by atoms with E-state index in [-0.39, 0.29) is 12.1 Å². The number of amides is 1. The number of benzene rings is 3. The first-order chi connectivity index (χ1) is 17.4. The molecule has 4 rings (SSSR count). The summed E-state index contributed by atoms with van der Waals surface area (Å²) in [7, 11) is 0. The summed E-state index contributed by atoms with van der Waals surface area (Å²) in [4.78, 5) is 22.9. The minimum absolute atomic E-state index is 0.0864. The van der Waals surface area contributed by atoms with Gasteiger partial charge in [-0.15, -0.1) is 0 Å². The summed E-state index contributed by atoms with van der Waals surface area (Å²) < 4.78 is 7.97. The second-order valence-corrected chi connectivity index (χ2v) is 8.29. The first kappa shape index (κ1) is 24.4. The molecule has 36 heavy (non-hydrogen) atoms. The zero-order valence-corrected chi connectivity index (χ0v) is 20.0. The summed E-state index contributed by atoms with van der Waals surface area (Å²) in [5.41, 5.74) is 7.62. The monoisotopic (exact) mass is 482 g/mol. The second kappa shape index (κ2) is 11.1. The van der Waals surface area contributed by atoms with Crippen LogP contribution in [0, 0.1) is 24.0 Å². The van der Waals surface area contributed by atoms with Crippen molar-refractivity contribution in [1.82, 2.24) is 9.99 Å². The smallest absolute Gasteiger partial charge is 0.273 e. The van der Waals surface area contributed by atoms with E-state index in [1.54, 1.807) is 24.4 Å². The van der Waals surface area contributed by atoms with Crippen LogP contribution in [-0.4, -0.2) is 21.6 Å². The van der Waals surface area contributed by atoms with Gasteiger partial charge in [0.15, 0.2) is 0 Å². The van der Waals surface area contributed by atoms with Gasteiger partial charge in [-0.05, 0) is 49.7 Å². The van der Waals surface area contributed by atoms with E-state index in [1.807, 2.05) is 74.5 Å². The lowest BCUT2D eigenvalue weighted by molar-refractivity contribution is -0.385. The van der Waals surface area contributed by atoms with E-state index in [0.717, 1.165) is 34.0 Å². The molecule has 0 bridgehead atoms. The number of ether oxygens (including phenoxy) is 1. The third-order valence-electron chi connectivity index (χ3n) is 5.75. The Hall–Kier alpha value is -4.72. The summed E-state index contributed by atoms with van der Waals surface area (Å²) in [6, 6.07) is 26.0. The highest BCUT2D eigenvalue weighted by molar-refractivity contribution is 5.85. The molecule has 0 aliphatic rings. The number of carbonyl (C=O) groups is 1. The predicted molar refractivity (Wildman–Crippen MR) is 139 cm³/mol. The first-order valence-corrected chi connectivity index (χ1v) is 11.4. The number of para-hydroxylation sites is 1. The number of carbonyl (C=O) groups excluding carboxylic acids is 1. The summed E-state index contributed by atoms with van der Waals surface area (Å²) in [6.45, 7) is 4.48. The van der Waals surface area contributed by atoms with Crippen LogP contribution >= 0.6 is 0 Å². The van der Waals surface area contributed by atoms with E-state index >= 15 is 0 Å². The third-order valence-corrected chi connectivity index (χ3v) is 5.75. The Labute approximate surface area is 209 Å². The highest BCUT2D eigenvalue weighted by atomic mass is 16.6. The van der Waals surface area contributed by atoms with Crippen LogP contribution < -0.4 is 10.2 Å². The molecule has 182 valence electrons. The van der Waals surface area contributed by atoms with E-state index in [9.17, 15) is 14.9 Å². The van der Waals surface area contributed by atoms with Crippen molar-refractivity contribution in [2.75, 3.05) is 0 Å². The Balaban J connectivity index is 1.40. The highest BCUT2D eigenvalue weighted by Crippen LogP contribution is 2.23. The Morgan fingerprint density at radius 2 is 1.72 bits per heavy atom. The van der Waals surface area contributed by atoms with Crippen LogP contribution in [0.4, 0.5) is 5.69 Å². The molecular weight excluding hydrogens is 456 g/mol. The van der Waals surface area contributed by atoms with Crippen molar-refractivity contribution >= 4 is 17.8 Å². The standard InChI is InChI=1S/C28H26N4O4/c1-20-16-24(18-29-30-28(33)17-23-10-6-7-11-27(23)32(34)35)21(2)31(20)25-12-14-26(15-13-25)36-19-22-8-4-3-5-9-22/h3-16,18H,17,19H2,1-2H3,(H,30,33)/b29-18+. The summed E-state index contributed by atoms with van der Waals surface area (Å²) in [5.74, 6) is 0.355. The number of aryl methyl sites for hydroxylation is 1. The van der Waals surface area contributed by atoms with Crippen LogP contribution in [0.3, 0.4) is 0 Å². The Bertz CT molecular complexity index is 1390. The van der Waals surface area contributed by atoms with Crippen molar-refractivity contribution in [3.05, 3.63) is 123 Å². The van der Waals surface area contributed by atoms with Gasteiger partial charge in [0.05, 0.1) is 17.6 Å². The van der Waals surface area contributed by atoms with Crippen molar-refractivity contribution in [3.63, 3.8) is 0 Å². The minimum atomic E-state index is -0.497. The molecule has 1 heterocycles. The third kappa shape index (κ3) is 5.85. The molecule has 0 fully saturated rings. The van der Waals surface area contributed by atoms with Crippen molar-refractivity contribution in [2.45, 2.75) is 26.9 Å². The van der Waals surface area contributed by atoms with Crippen LogP contribution in [0.1, 0.15) is 28.1 Å². The zero-order valence-electron chi connectivity index (χ0n) is 20.0. The lowest BCUT2D eigenvalue weighted by Gasteiger charge is -2.11. The quantitative estimate of drug-likeness (QED) is 0.199. The number of aromatic nitrogens is 1. The maximum Gasteiger partial charge on any atom is 0.273 e. The fraction of sp³-hybridized carbons (Fsp3) is 0.143. The Kier molecular flexibility index (Phi) is 7.55. The summed E-state index contributed by atoms with van der Waals surface area (Å²) in [5, 5.41) is 15.2. The summed E-state index contributed by atoms with van der Waals surface area (Å²) >= 11 is 0. The van der Waals surface area contributed by atoms with Gasteiger partial charge >= 0.3 is 0 Å². The van der Waals surface area contributed by atoms with Gasteiger partial charge in [0.1, 0.15) is 12.4 Å². The van der Waals surface area contributed by atoms with Gasteiger partial charge in [0.25, 0.3) is 5.69 Å². The second-order valence-electron chi connectivity index (χ2n) is 8.29. The molecule has 1 amide bonds. The van der Waals surface area contributed by atoms with Crippen molar-refractivity contribution < 1.29 is 14.5 Å². The lowest BCUT2D eigenvalue weighted by atomic mass is 10.1. The van der Waals surface area contributed by atoms with Crippen LogP contribution in [-0.2, 0) is 17.8 Å². The van der Waals surface area contributed by atoms with Gasteiger partial charge in [-0.25, -0.2) is 5.43 Å². The Morgan fingerprint density at radius 3 is 2.44 bits per heavy atom. The van der Waals surface area contributed by atoms with Gasteiger partial charge in [0, 0.05) is 34.3 Å². The first-order valence-electron chi connectivity index (χ1n) is 11.4. The van der Waals surface area contributed by atoms with Crippen LogP contribution in [0.25, 0.3) is 5.69 Å². The lowest BCUT2D eigenvalue weighted by Crippen LogP contribution is -2.20. The molecule has 0 unspecified atom stereocenters. The Morgan fingerprint density at radius 1 is 1.03 bits per heavy atom. The molecule has 0 radical (unpaired) electrons. The van der Waals surface area contributed by atoms with Gasteiger partial charge in [-0.3, -0.25) is 14.9 Å². The van der Waals surface area contributed by atoms with E-state index in [1.165, 1.54) is 6.07 Å². The molecule has 0 aliphatic carbocycles. The topological polar surface area (TPSA) is 98.8 Å². The molecule has 0 aliphatic heterocycles. The number of rotatable bonds is 9. The van der Waals surface area contributed by atoms with Gasteiger partial charge < -0.3 is 9.30 Å². The maximum absolute atomic E-state index is 12.3.